The molecule has 1 aliphatic heterocycles. The molecule has 1 amide bonds. The fourth-order valence-electron chi connectivity index (χ4n) is 1.95. The molecule has 0 radical (unpaired) electrons. The predicted molar refractivity (Wildman–Crippen MR) is 61.6 cm³/mol. The van der Waals surface area contributed by atoms with E-state index in [1.807, 2.05) is 0 Å². The molecule has 1 aliphatic rings. The Kier molecular flexibility index (Phi) is 5.48. The first kappa shape index (κ1) is 15.3. The van der Waals surface area contributed by atoms with Gasteiger partial charge >= 0.3 is 0 Å². The zero-order valence-corrected chi connectivity index (χ0v) is 10.7. The molecule has 0 aromatic rings. The van der Waals surface area contributed by atoms with Crippen LogP contribution in [-0.4, -0.2) is 64.6 Å². The molecule has 1 fully saturated rings. The minimum Gasteiger partial charge on any atom is -0.394 e. The molecule has 7 heteroatoms. The van der Waals surface area contributed by atoms with Crippen molar-refractivity contribution >= 4 is 5.91 Å². The fourth-order valence-corrected chi connectivity index (χ4v) is 1.95. The van der Waals surface area contributed by atoms with Crippen molar-refractivity contribution in [3.63, 3.8) is 0 Å². The van der Waals surface area contributed by atoms with E-state index in [4.69, 9.17) is 14.6 Å². The zero-order valence-electron chi connectivity index (χ0n) is 10.7. The lowest BCUT2D eigenvalue weighted by Crippen LogP contribution is -2.64. The minimum atomic E-state index is -1.38. The summed E-state index contributed by atoms with van der Waals surface area (Å²) in [4.78, 5) is 11.0. The molecular formula is C11H21NO6. The van der Waals surface area contributed by atoms with Gasteiger partial charge in [-0.25, -0.2) is 0 Å². The van der Waals surface area contributed by atoms with Crippen LogP contribution in [0.4, 0.5) is 0 Å². The van der Waals surface area contributed by atoms with Crippen LogP contribution in [0, 0.1) is 0 Å². The van der Waals surface area contributed by atoms with Crippen molar-refractivity contribution in [2.24, 2.45) is 0 Å². The van der Waals surface area contributed by atoms with E-state index in [-0.39, 0.29) is 6.10 Å². The van der Waals surface area contributed by atoms with Gasteiger partial charge in [-0.15, -0.1) is 0 Å². The number of hydrogen-bond acceptors (Lipinski definition) is 6. The van der Waals surface area contributed by atoms with Crippen LogP contribution in [-0.2, 0) is 14.3 Å². The molecule has 1 heterocycles. The summed E-state index contributed by atoms with van der Waals surface area (Å²) in [5.41, 5.74) is 0. The number of carbonyl (C=O) groups is 1. The number of rotatable bonds is 4. The molecule has 1 saturated heterocycles. The Morgan fingerprint density at radius 2 is 2.06 bits per heavy atom. The first-order chi connectivity index (χ1) is 8.36. The van der Waals surface area contributed by atoms with Gasteiger partial charge < -0.3 is 30.1 Å². The van der Waals surface area contributed by atoms with Gasteiger partial charge in [0.1, 0.15) is 24.4 Å². The highest BCUT2D eigenvalue weighted by molar-refractivity contribution is 5.73. The molecular weight excluding hydrogens is 242 g/mol. The first-order valence-corrected chi connectivity index (χ1v) is 5.91. The number of hydrogen-bond donors (Lipinski definition) is 4. The van der Waals surface area contributed by atoms with Crippen LogP contribution < -0.4 is 5.32 Å². The van der Waals surface area contributed by atoms with Crippen molar-refractivity contribution in [1.29, 1.82) is 0 Å². The quantitative estimate of drug-likeness (QED) is 0.484. The largest absolute Gasteiger partial charge is 0.394 e. The summed E-state index contributed by atoms with van der Waals surface area (Å²) in [6.07, 6.45) is -4.36. The smallest absolute Gasteiger partial charge is 0.217 e. The van der Waals surface area contributed by atoms with Crippen LogP contribution in [0.5, 0.6) is 0 Å². The molecule has 0 bridgehead atoms. The maximum atomic E-state index is 11.0. The molecule has 7 nitrogen and oxygen atoms in total. The molecule has 5 atom stereocenters. The van der Waals surface area contributed by atoms with Crippen molar-refractivity contribution in [3.8, 4) is 0 Å². The second-order valence-electron chi connectivity index (χ2n) is 4.61. The Morgan fingerprint density at radius 1 is 1.44 bits per heavy atom. The molecule has 18 heavy (non-hydrogen) atoms. The van der Waals surface area contributed by atoms with Crippen molar-refractivity contribution in [3.05, 3.63) is 0 Å². The number of aliphatic hydroxyl groups is 3. The van der Waals surface area contributed by atoms with Gasteiger partial charge in [-0.1, -0.05) is 0 Å². The lowest BCUT2D eigenvalue weighted by Gasteiger charge is -2.42. The van der Waals surface area contributed by atoms with Gasteiger partial charge in [-0.3, -0.25) is 4.79 Å². The Bertz CT molecular complexity index is 285. The van der Waals surface area contributed by atoms with Crippen molar-refractivity contribution in [2.45, 2.75) is 57.5 Å². The summed E-state index contributed by atoms with van der Waals surface area (Å²) in [5, 5.41) is 31.4. The first-order valence-electron chi connectivity index (χ1n) is 5.91. The van der Waals surface area contributed by atoms with Gasteiger partial charge in [-0.05, 0) is 13.8 Å². The maximum Gasteiger partial charge on any atom is 0.217 e. The second-order valence-corrected chi connectivity index (χ2v) is 4.61. The molecule has 0 spiro atoms. The maximum absolute atomic E-state index is 11.0. The molecule has 1 rings (SSSR count). The monoisotopic (exact) mass is 263 g/mol. The van der Waals surface area contributed by atoms with Crippen LogP contribution in [0.1, 0.15) is 20.8 Å². The highest BCUT2D eigenvalue weighted by atomic mass is 16.6. The van der Waals surface area contributed by atoms with Gasteiger partial charge in [-0.2, -0.15) is 0 Å². The summed E-state index contributed by atoms with van der Waals surface area (Å²) in [7, 11) is 0. The normalized spacial score (nSPS) is 36.7. The fraction of sp³-hybridized carbons (Fsp3) is 0.909. The summed E-state index contributed by atoms with van der Waals surface area (Å²) in [6, 6.07) is -0.978. The van der Waals surface area contributed by atoms with Crippen LogP contribution in [0.15, 0.2) is 0 Å². The molecule has 0 aliphatic carbocycles. The summed E-state index contributed by atoms with van der Waals surface area (Å²) < 4.78 is 10.6. The van der Waals surface area contributed by atoms with Crippen molar-refractivity contribution in [2.75, 3.05) is 6.61 Å². The average molecular weight is 263 g/mol. The van der Waals surface area contributed by atoms with Gasteiger partial charge in [0.15, 0.2) is 6.29 Å². The van der Waals surface area contributed by atoms with E-state index in [0.717, 1.165) is 0 Å². The molecule has 5 unspecified atom stereocenters. The van der Waals surface area contributed by atoms with Gasteiger partial charge in [0.25, 0.3) is 0 Å². The second kappa shape index (κ2) is 6.44. The minimum absolute atomic E-state index is 0.185. The summed E-state index contributed by atoms with van der Waals surface area (Å²) in [6.45, 7) is 4.44. The number of carbonyl (C=O) groups excluding carboxylic acids is 1. The topological polar surface area (TPSA) is 108 Å². The van der Waals surface area contributed by atoms with E-state index in [2.05, 4.69) is 5.32 Å². The zero-order chi connectivity index (χ0) is 13.9. The number of aliphatic hydroxyl groups excluding tert-OH is 3. The lowest BCUT2D eigenvalue weighted by atomic mass is 9.96. The van der Waals surface area contributed by atoms with E-state index >= 15 is 0 Å². The Morgan fingerprint density at radius 3 is 2.50 bits per heavy atom. The summed E-state index contributed by atoms with van der Waals surface area (Å²) in [5.74, 6) is -0.396. The van der Waals surface area contributed by atoms with Crippen molar-refractivity contribution < 1.29 is 29.6 Å². The summed E-state index contributed by atoms with van der Waals surface area (Å²) >= 11 is 0. The Labute approximate surface area is 106 Å². The number of amides is 1. The SMILES string of the molecule is CC(=O)NC1C(O)OC(CO)C(OC(C)C)C1O. The van der Waals surface area contributed by atoms with Crippen LogP contribution >= 0.6 is 0 Å². The van der Waals surface area contributed by atoms with E-state index in [9.17, 15) is 15.0 Å². The van der Waals surface area contributed by atoms with E-state index in [1.165, 1.54) is 6.92 Å². The highest BCUT2D eigenvalue weighted by Gasteiger charge is 2.45. The number of nitrogens with one attached hydrogen (secondary N) is 1. The van der Waals surface area contributed by atoms with Crippen LogP contribution in [0.25, 0.3) is 0 Å². The molecule has 106 valence electrons. The van der Waals surface area contributed by atoms with Crippen LogP contribution in [0.3, 0.4) is 0 Å². The van der Waals surface area contributed by atoms with Crippen molar-refractivity contribution in [1.82, 2.24) is 5.32 Å². The van der Waals surface area contributed by atoms with E-state index < -0.39 is 43.2 Å². The predicted octanol–water partition coefficient (Wildman–Crippen LogP) is -1.64. The number of ether oxygens (including phenoxy) is 2. The Balaban J connectivity index is 2.81. The highest BCUT2D eigenvalue weighted by Crippen LogP contribution is 2.23. The lowest BCUT2D eigenvalue weighted by molar-refractivity contribution is -0.268. The third-order valence-corrected chi connectivity index (χ3v) is 2.67. The Hall–Kier alpha value is -0.730. The average Bonchev–Trinajstić information content (AvgIpc) is 2.27. The third-order valence-electron chi connectivity index (χ3n) is 2.67. The van der Waals surface area contributed by atoms with E-state index in [0.29, 0.717) is 0 Å². The van der Waals surface area contributed by atoms with E-state index in [1.54, 1.807) is 13.8 Å². The van der Waals surface area contributed by atoms with Gasteiger partial charge in [0.2, 0.25) is 5.91 Å². The molecule has 0 saturated carbocycles. The standard InChI is InChI=1S/C11H21NO6/c1-5(2)17-10-7(4-13)18-11(16)8(9(10)15)12-6(3)14/h5,7-11,13,15-16H,4H2,1-3H3,(H,12,14). The van der Waals surface area contributed by atoms with Gasteiger partial charge in [0.05, 0.1) is 12.7 Å². The molecule has 0 aromatic heterocycles. The molecule has 4 N–H and O–H groups in total. The third kappa shape index (κ3) is 3.63. The molecule has 0 aromatic carbocycles. The van der Waals surface area contributed by atoms with Crippen LogP contribution in [0.2, 0.25) is 0 Å². The van der Waals surface area contributed by atoms with Gasteiger partial charge in [0, 0.05) is 6.92 Å².